The summed E-state index contributed by atoms with van der Waals surface area (Å²) in [5.74, 6) is -0.0475. The number of sulfonamides is 1. The summed E-state index contributed by atoms with van der Waals surface area (Å²) in [5.41, 5.74) is 0.742. The zero-order valence-corrected chi connectivity index (χ0v) is 14.4. The number of rotatable bonds is 5. The number of benzene rings is 2. The molecule has 0 aliphatic carbocycles. The largest absolute Gasteiger partial charge is 0.495 e. The summed E-state index contributed by atoms with van der Waals surface area (Å²) in [6, 6.07) is 9.64. The number of halogens is 2. The number of hydrogen-bond donors (Lipinski definition) is 1. The van der Waals surface area contributed by atoms with Gasteiger partial charge in [-0.05, 0) is 36.4 Å². The number of nitrogens with one attached hydrogen (secondary N) is 1. The van der Waals surface area contributed by atoms with Crippen molar-refractivity contribution in [3.05, 3.63) is 59.5 Å². The van der Waals surface area contributed by atoms with Crippen LogP contribution < -0.4 is 9.46 Å². The van der Waals surface area contributed by atoms with Gasteiger partial charge in [0.2, 0.25) is 0 Å². The number of nitrogens with zero attached hydrogens (tertiary/aromatic N) is 1. The average molecular weight is 383 g/mol. The van der Waals surface area contributed by atoms with E-state index in [-0.39, 0.29) is 21.4 Å². The van der Waals surface area contributed by atoms with Gasteiger partial charge in [-0.15, -0.1) is 0 Å². The Kier molecular flexibility index (Phi) is 4.65. The van der Waals surface area contributed by atoms with E-state index in [1.807, 2.05) is 0 Å². The van der Waals surface area contributed by atoms with Crippen LogP contribution in [0.4, 0.5) is 10.1 Å². The summed E-state index contributed by atoms with van der Waals surface area (Å²) < 4.78 is 51.0. The molecule has 0 atom stereocenters. The molecule has 0 fully saturated rings. The standard InChI is InChI=1S/C16H12ClFN2O4S/c1-23-15-8-10(14-6-7-19-24-14)2-5-16(15)25(21,22)20-11-3-4-13(18)12(17)9-11/h2-9,20H,1H3. The molecule has 0 spiro atoms. The van der Waals surface area contributed by atoms with E-state index in [0.717, 1.165) is 6.07 Å². The lowest BCUT2D eigenvalue weighted by atomic mass is 10.1. The molecule has 6 nitrogen and oxygen atoms in total. The topological polar surface area (TPSA) is 81.4 Å². The number of hydrogen-bond acceptors (Lipinski definition) is 5. The molecule has 1 aromatic heterocycles. The number of methoxy groups -OCH3 is 1. The molecule has 3 aromatic rings. The maximum absolute atomic E-state index is 13.2. The van der Waals surface area contributed by atoms with Gasteiger partial charge in [0.1, 0.15) is 16.5 Å². The van der Waals surface area contributed by atoms with Crippen LogP contribution in [0.25, 0.3) is 11.3 Å². The molecule has 1 N–H and O–H groups in total. The van der Waals surface area contributed by atoms with Crippen molar-refractivity contribution < 1.29 is 22.1 Å². The van der Waals surface area contributed by atoms with Crippen LogP contribution in [-0.2, 0) is 10.0 Å². The van der Waals surface area contributed by atoms with Gasteiger partial charge in [0.05, 0.1) is 24.0 Å². The minimum Gasteiger partial charge on any atom is -0.495 e. The molecule has 0 saturated heterocycles. The average Bonchev–Trinajstić information content (AvgIpc) is 3.12. The highest BCUT2D eigenvalue weighted by atomic mass is 35.5. The van der Waals surface area contributed by atoms with E-state index in [4.69, 9.17) is 20.9 Å². The molecule has 0 aliphatic heterocycles. The summed E-state index contributed by atoms with van der Waals surface area (Å²) in [5, 5.41) is 3.42. The molecule has 2 aromatic carbocycles. The number of aromatic nitrogens is 1. The molecule has 1 heterocycles. The van der Waals surface area contributed by atoms with Crippen LogP contribution in [0.2, 0.25) is 5.02 Å². The van der Waals surface area contributed by atoms with Gasteiger partial charge in [0.25, 0.3) is 10.0 Å². The number of anilines is 1. The van der Waals surface area contributed by atoms with Gasteiger partial charge in [0.15, 0.2) is 5.76 Å². The van der Waals surface area contributed by atoms with Crippen molar-refractivity contribution in [1.29, 1.82) is 0 Å². The third-order valence-corrected chi connectivity index (χ3v) is 5.06. The van der Waals surface area contributed by atoms with Crippen LogP contribution in [-0.4, -0.2) is 20.7 Å². The first-order valence-electron chi connectivity index (χ1n) is 6.97. The van der Waals surface area contributed by atoms with E-state index in [1.165, 1.54) is 37.6 Å². The molecule has 0 radical (unpaired) electrons. The maximum Gasteiger partial charge on any atom is 0.265 e. The Hall–Kier alpha value is -2.58. The van der Waals surface area contributed by atoms with E-state index < -0.39 is 15.8 Å². The maximum atomic E-state index is 13.2. The Bertz CT molecular complexity index is 1010. The Morgan fingerprint density at radius 2 is 2.00 bits per heavy atom. The molecule has 0 amide bonds. The quantitative estimate of drug-likeness (QED) is 0.722. The first kappa shape index (κ1) is 17.2. The second-order valence-electron chi connectivity index (χ2n) is 4.98. The highest BCUT2D eigenvalue weighted by molar-refractivity contribution is 7.92. The fourth-order valence-corrected chi connectivity index (χ4v) is 3.56. The van der Waals surface area contributed by atoms with Gasteiger partial charge in [-0.1, -0.05) is 16.8 Å². The van der Waals surface area contributed by atoms with E-state index in [1.54, 1.807) is 12.1 Å². The lowest BCUT2D eigenvalue weighted by molar-refractivity contribution is 0.402. The fraction of sp³-hybridized carbons (Fsp3) is 0.0625. The lowest BCUT2D eigenvalue weighted by Gasteiger charge is -2.12. The zero-order valence-electron chi connectivity index (χ0n) is 12.9. The normalized spacial score (nSPS) is 11.3. The summed E-state index contributed by atoms with van der Waals surface area (Å²) in [4.78, 5) is -0.0845. The first-order valence-corrected chi connectivity index (χ1v) is 8.84. The molecule has 25 heavy (non-hydrogen) atoms. The zero-order chi connectivity index (χ0) is 18.0. The van der Waals surface area contributed by atoms with Crippen molar-refractivity contribution in [3.63, 3.8) is 0 Å². The molecular weight excluding hydrogens is 371 g/mol. The van der Waals surface area contributed by atoms with E-state index in [9.17, 15) is 12.8 Å². The SMILES string of the molecule is COc1cc(-c2ccno2)ccc1S(=O)(=O)Nc1ccc(F)c(Cl)c1. The number of ether oxygens (including phenoxy) is 1. The molecule has 3 rings (SSSR count). The summed E-state index contributed by atoms with van der Waals surface area (Å²) in [7, 11) is -2.62. The van der Waals surface area contributed by atoms with Crippen molar-refractivity contribution in [3.8, 4) is 17.1 Å². The Balaban J connectivity index is 1.97. The molecule has 0 aliphatic rings. The molecule has 0 bridgehead atoms. The summed E-state index contributed by atoms with van der Waals surface area (Å²) in [6.45, 7) is 0. The third-order valence-electron chi connectivity index (χ3n) is 3.35. The Labute approximate surface area is 148 Å². The minimum absolute atomic E-state index is 0.0845. The van der Waals surface area contributed by atoms with Crippen LogP contribution in [0, 0.1) is 5.82 Å². The Morgan fingerprint density at radius 3 is 2.64 bits per heavy atom. The van der Waals surface area contributed by atoms with Gasteiger partial charge in [-0.25, -0.2) is 12.8 Å². The van der Waals surface area contributed by atoms with Gasteiger partial charge in [-0.3, -0.25) is 4.72 Å². The smallest absolute Gasteiger partial charge is 0.265 e. The molecule has 130 valence electrons. The van der Waals surface area contributed by atoms with Crippen LogP contribution in [0.3, 0.4) is 0 Å². The van der Waals surface area contributed by atoms with Crippen LogP contribution in [0.5, 0.6) is 5.75 Å². The highest BCUT2D eigenvalue weighted by Gasteiger charge is 2.21. The van der Waals surface area contributed by atoms with Gasteiger partial charge in [-0.2, -0.15) is 0 Å². The van der Waals surface area contributed by atoms with Crippen LogP contribution >= 0.6 is 11.6 Å². The Morgan fingerprint density at radius 1 is 1.20 bits per heavy atom. The molecule has 0 saturated carbocycles. The van der Waals surface area contributed by atoms with Crippen LogP contribution in [0.15, 0.2) is 58.1 Å². The summed E-state index contributed by atoms with van der Waals surface area (Å²) >= 11 is 5.67. The first-order chi connectivity index (χ1) is 11.9. The second-order valence-corrected chi connectivity index (χ2v) is 7.03. The van der Waals surface area contributed by atoms with Crippen molar-refractivity contribution in [1.82, 2.24) is 5.16 Å². The molecular formula is C16H12ClFN2O4S. The second kappa shape index (κ2) is 6.73. The van der Waals surface area contributed by atoms with Gasteiger partial charge >= 0.3 is 0 Å². The van der Waals surface area contributed by atoms with Crippen molar-refractivity contribution >= 4 is 27.3 Å². The van der Waals surface area contributed by atoms with Crippen LogP contribution in [0.1, 0.15) is 0 Å². The van der Waals surface area contributed by atoms with Gasteiger partial charge < -0.3 is 9.26 Å². The van der Waals surface area contributed by atoms with E-state index >= 15 is 0 Å². The van der Waals surface area contributed by atoms with Gasteiger partial charge in [0, 0.05) is 11.6 Å². The fourth-order valence-electron chi connectivity index (χ4n) is 2.18. The predicted octanol–water partition coefficient (Wildman–Crippen LogP) is 3.94. The van der Waals surface area contributed by atoms with Crippen molar-refractivity contribution in [2.75, 3.05) is 11.8 Å². The summed E-state index contributed by atoms with van der Waals surface area (Å²) in [6.07, 6.45) is 1.48. The highest BCUT2D eigenvalue weighted by Crippen LogP contribution is 2.31. The lowest BCUT2D eigenvalue weighted by Crippen LogP contribution is -2.14. The molecule has 9 heteroatoms. The minimum atomic E-state index is -3.97. The molecule has 0 unspecified atom stereocenters. The van der Waals surface area contributed by atoms with Crippen molar-refractivity contribution in [2.45, 2.75) is 4.90 Å². The monoisotopic (exact) mass is 382 g/mol. The van der Waals surface area contributed by atoms with E-state index in [0.29, 0.717) is 11.3 Å². The third kappa shape index (κ3) is 3.59. The predicted molar refractivity (Wildman–Crippen MR) is 90.7 cm³/mol. The van der Waals surface area contributed by atoms with Crippen molar-refractivity contribution in [2.24, 2.45) is 0 Å². The van der Waals surface area contributed by atoms with E-state index in [2.05, 4.69) is 9.88 Å².